The van der Waals surface area contributed by atoms with E-state index in [1.165, 1.54) is 11.3 Å². The van der Waals surface area contributed by atoms with Crippen molar-refractivity contribution in [2.45, 2.75) is 45.3 Å². The largest absolute Gasteiger partial charge is 0.511 e. The van der Waals surface area contributed by atoms with Gasteiger partial charge >= 0.3 is 0 Å². The monoisotopic (exact) mass is 391 g/mol. The molecule has 0 amide bonds. The molecule has 0 spiro atoms. The van der Waals surface area contributed by atoms with Crippen molar-refractivity contribution >= 4 is 22.7 Å². The maximum Gasteiger partial charge on any atom is 0.173 e. The summed E-state index contributed by atoms with van der Waals surface area (Å²) in [6, 6.07) is 10.1. The van der Waals surface area contributed by atoms with Crippen LogP contribution in [-0.2, 0) is 9.53 Å². The van der Waals surface area contributed by atoms with Crippen LogP contribution >= 0.6 is 11.3 Å². The Morgan fingerprint density at radius 1 is 1.18 bits per heavy atom. The molecule has 1 N–H and O–H groups in total. The van der Waals surface area contributed by atoms with Crippen LogP contribution in [0.15, 0.2) is 30.0 Å². The first kappa shape index (κ1) is 17.7. The number of aliphatic hydroxyl groups excluding tert-OH is 1. The number of carbonyl (C=O) groups excluding carboxylic acids is 1. The minimum absolute atomic E-state index is 0.0207. The van der Waals surface area contributed by atoms with Gasteiger partial charge in [-0.15, -0.1) is 11.3 Å². The lowest BCUT2D eigenvalue weighted by molar-refractivity contribution is -0.118. The summed E-state index contributed by atoms with van der Waals surface area (Å²) in [6.45, 7) is 6.04. The summed E-state index contributed by atoms with van der Waals surface area (Å²) < 4.78 is 6.16. The van der Waals surface area contributed by atoms with Crippen LogP contribution in [0.2, 0.25) is 0 Å². The van der Waals surface area contributed by atoms with Crippen LogP contribution in [0.1, 0.15) is 44.3 Å². The van der Waals surface area contributed by atoms with Crippen molar-refractivity contribution in [2.75, 3.05) is 0 Å². The number of hydrogen-bond acceptors (Lipinski definition) is 5. The third-order valence-corrected chi connectivity index (χ3v) is 7.63. The van der Waals surface area contributed by atoms with E-state index in [9.17, 15) is 9.90 Å². The zero-order valence-electron chi connectivity index (χ0n) is 16.0. The topological polar surface area (TPSA) is 70.3 Å². The molecule has 2 aliphatic heterocycles. The summed E-state index contributed by atoms with van der Waals surface area (Å²) in [5.74, 6) is -0.217. The van der Waals surface area contributed by atoms with Crippen molar-refractivity contribution in [1.82, 2.24) is 0 Å². The molecule has 1 aromatic carbocycles. The fourth-order valence-corrected chi connectivity index (χ4v) is 6.52. The number of allylic oxidation sites excluding steroid dienone is 1. The molecule has 1 aromatic heterocycles. The molecule has 2 bridgehead atoms. The fraction of sp³-hybridized carbons (Fsp3) is 0.391. The molecule has 5 atom stereocenters. The highest BCUT2D eigenvalue weighted by atomic mass is 32.1. The van der Waals surface area contributed by atoms with Crippen molar-refractivity contribution in [3.05, 3.63) is 62.0 Å². The molecule has 0 saturated carbocycles. The molecule has 5 heteroatoms. The SMILES string of the molecule is Cc1cc(C)c(C2=C(O)[C@@H]3[C@@H]4O[C@@H](C[C@H]4c4ccc(C#N)s4)[C@@H]3C2=O)c(C)c1. The number of Topliss-reactive ketones (excluding diaryl/α,β-unsaturated/α-hetero) is 1. The van der Waals surface area contributed by atoms with Gasteiger partial charge in [0.05, 0.1) is 29.6 Å². The number of fused-ring (bicyclic) bond motifs is 5. The molecule has 4 nitrogen and oxygen atoms in total. The van der Waals surface area contributed by atoms with E-state index in [2.05, 4.69) is 18.2 Å². The second-order valence-electron chi connectivity index (χ2n) is 8.24. The number of nitrogens with zero attached hydrogens (tertiary/aromatic N) is 1. The van der Waals surface area contributed by atoms with Crippen LogP contribution in [0.3, 0.4) is 0 Å². The van der Waals surface area contributed by atoms with E-state index in [1.807, 2.05) is 32.9 Å². The van der Waals surface area contributed by atoms with Gasteiger partial charge in [-0.3, -0.25) is 4.79 Å². The van der Waals surface area contributed by atoms with Crippen molar-refractivity contribution in [3.63, 3.8) is 0 Å². The lowest BCUT2D eigenvalue weighted by Gasteiger charge is -2.26. The van der Waals surface area contributed by atoms with Crippen LogP contribution in [0.4, 0.5) is 0 Å². The second kappa shape index (κ2) is 6.04. The Labute approximate surface area is 168 Å². The smallest absolute Gasteiger partial charge is 0.173 e. The number of hydrogen-bond donors (Lipinski definition) is 1. The Kier molecular flexibility index (Phi) is 3.81. The molecule has 28 heavy (non-hydrogen) atoms. The molecule has 5 rings (SSSR count). The van der Waals surface area contributed by atoms with Crippen molar-refractivity contribution in [1.29, 1.82) is 5.26 Å². The van der Waals surface area contributed by atoms with Crippen molar-refractivity contribution in [3.8, 4) is 6.07 Å². The van der Waals surface area contributed by atoms with Gasteiger partial charge < -0.3 is 9.84 Å². The van der Waals surface area contributed by atoms with Gasteiger partial charge in [0.2, 0.25) is 0 Å². The number of benzene rings is 1. The standard InChI is InChI=1S/C23H21NO3S/c1-10-6-11(2)17(12(3)7-10)19-21(25)18-15-8-14(16-5-4-13(9-24)28-16)23(27-15)20(18)22(19)26/h4-7,14-15,18,20,23,26H,8H2,1-3H3/t14-,15-,18-,20+,23+/m0/s1. The maximum absolute atomic E-state index is 13.3. The second-order valence-corrected chi connectivity index (χ2v) is 9.36. The molecular weight excluding hydrogens is 370 g/mol. The molecule has 3 heterocycles. The van der Waals surface area contributed by atoms with Gasteiger partial charge in [-0.2, -0.15) is 5.26 Å². The third kappa shape index (κ3) is 2.28. The Morgan fingerprint density at radius 2 is 1.89 bits per heavy atom. The van der Waals surface area contributed by atoms with Gasteiger partial charge in [0, 0.05) is 10.8 Å². The van der Waals surface area contributed by atoms with E-state index < -0.39 is 0 Å². The minimum Gasteiger partial charge on any atom is -0.511 e. The molecule has 3 aliphatic rings. The summed E-state index contributed by atoms with van der Waals surface area (Å²) in [6.07, 6.45) is 0.411. The maximum atomic E-state index is 13.3. The number of carbonyl (C=O) groups is 1. The molecule has 142 valence electrons. The molecular formula is C23H21NO3S. The average Bonchev–Trinajstić information content (AvgIpc) is 3.39. The molecule has 2 saturated heterocycles. The number of rotatable bonds is 2. The van der Waals surface area contributed by atoms with Gasteiger partial charge in [0.1, 0.15) is 16.7 Å². The molecule has 0 unspecified atom stereocenters. The first-order valence-corrected chi connectivity index (χ1v) is 10.4. The highest BCUT2D eigenvalue weighted by molar-refractivity contribution is 7.12. The predicted octanol–water partition coefficient (Wildman–Crippen LogP) is 4.58. The number of ether oxygens (including phenoxy) is 1. The van der Waals surface area contributed by atoms with Gasteiger partial charge in [0.25, 0.3) is 0 Å². The normalized spacial score (nSPS) is 30.8. The number of ketones is 1. The average molecular weight is 391 g/mol. The first-order chi connectivity index (χ1) is 13.4. The summed E-state index contributed by atoms with van der Waals surface area (Å²) in [5.41, 5.74) is 4.57. The van der Waals surface area contributed by atoms with E-state index in [0.717, 1.165) is 33.6 Å². The van der Waals surface area contributed by atoms with Crippen LogP contribution in [0, 0.1) is 43.9 Å². The van der Waals surface area contributed by atoms with E-state index in [4.69, 9.17) is 10.00 Å². The molecule has 1 aliphatic carbocycles. The summed E-state index contributed by atoms with van der Waals surface area (Å²) in [7, 11) is 0. The van der Waals surface area contributed by atoms with Crippen LogP contribution < -0.4 is 0 Å². The lowest BCUT2D eigenvalue weighted by Crippen LogP contribution is -2.33. The van der Waals surface area contributed by atoms with Gasteiger partial charge in [-0.1, -0.05) is 17.7 Å². The van der Waals surface area contributed by atoms with Crippen molar-refractivity contribution in [2.24, 2.45) is 11.8 Å². The summed E-state index contributed by atoms with van der Waals surface area (Å²) >= 11 is 1.49. The first-order valence-electron chi connectivity index (χ1n) is 9.61. The van der Waals surface area contributed by atoms with Crippen molar-refractivity contribution < 1.29 is 14.6 Å². The van der Waals surface area contributed by atoms with Crippen LogP contribution in [-0.4, -0.2) is 23.1 Å². The summed E-state index contributed by atoms with van der Waals surface area (Å²) in [4.78, 5) is 15.1. The third-order valence-electron chi connectivity index (χ3n) is 6.51. The number of thiophene rings is 1. The Balaban J connectivity index is 1.57. The molecule has 0 radical (unpaired) electrons. The number of aryl methyl sites for hydroxylation is 3. The van der Waals surface area contributed by atoms with E-state index in [0.29, 0.717) is 10.5 Å². The Bertz CT molecular complexity index is 1070. The summed E-state index contributed by atoms with van der Waals surface area (Å²) in [5, 5.41) is 20.3. The zero-order valence-corrected chi connectivity index (χ0v) is 16.8. The quantitative estimate of drug-likeness (QED) is 0.813. The van der Waals surface area contributed by atoms with Gasteiger partial charge in [-0.25, -0.2) is 0 Å². The van der Waals surface area contributed by atoms with E-state index in [1.54, 1.807) is 0 Å². The lowest BCUT2D eigenvalue weighted by atomic mass is 9.74. The zero-order chi connectivity index (χ0) is 19.7. The highest BCUT2D eigenvalue weighted by Crippen LogP contribution is 2.58. The predicted molar refractivity (Wildman–Crippen MR) is 107 cm³/mol. The molecule has 2 fully saturated rings. The van der Waals surface area contributed by atoms with E-state index >= 15 is 0 Å². The minimum atomic E-state index is -0.285. The molecule has 2 aromatic rings. The number of aliphatic hydroxyl groups is 1. The van der Waals surface area contributed by atoms with Gasteiger partial charge in [0.15, 0.2) is 5.78 Å². The van der Waals surface area contributed by atoms with Crippen LogP contribution in [0.5, 0.6) is 0 Å². The fourth-order valence-electron chi connectivity index (χ4n) is 5.57. The van der Waals surface area contributed by atoms with E-state index in [-0.39, 0.29) is 41.5 Å². The highest BCUT2D eigenvalue weighted by Gasteiger charge is 2.62. The van der Waals surface area contributed by atoms with Gasteiger partial charge in [-0.05, 0) is 56.0 Å². The number of nitriles is 1. The van der Waals surface area contributed by atoms with Crippen LogP contribution in [0.25, 0.3) is 5.57 Å². The Hall–Kier alpha value is -2.42. The Morgan fingerprint density at radius 3 is 2.54 bits per heavy atom.